The molecule has 12 nitrogen and oxygen atoms in total. The lowest BCUT2D eigenvalue weighted by Crippen LogP contribution is -2.35. The van der Waals surface area contributed by atoms with Crippen molar-refractivity contribution in [2.24, 2.45) is 18.1 Å². The number of halogens is 7. The Kier molecular flexibility index (Phi) is 9.21. The van der Waals surface area contributed by atoms with Crippen LogP contribution < -0.4 is 15.2 Å². The second kappa shape index (κ2) is 13.3. The number of rotatable bonds is 9. The molecular formula is C36H31F7N8O4S. The Morgan fingerprint density at radius 1 is 1.09 bits per heavy atom. The van der Waals surface area contributed by atoms with Gasteiger partial charge in [-0.25, -0.2) is 18.9 Å². The molecule has 294 valence electrons. The van der Waals surface area contributed by atoms with Gasteiger partial charge < -0.3 is 10.4 Å². The first-order chi connectivity index (χ1) is 26.0. The van der Waals surface area contributed by atoms with Crippen LogP contribution in [-0.4, -0.2) is 49.6 Å². The van der Waals surface area contributed by atoms with E-state index in [1.165, 1.54) is 37.7 Å². The van der Waals surface area contributed by atoms with Crippen LogP contribution in [0.25, 0.3) is 22.0 Å². The molecular weight excluding hydrogens is 774 g/mol. The number of aliphatic hydroxyl groups is 1. The number of nitrogens with zero attached hydrogens (tertiary/aromatic N) is 5. The molecule has 1 fully saturated rings. The van der Waals surface area contributed by atoms with Crippen molar-refractivity contribution in [3.63, 3.8) is 0 Å². The zero-order chi connectivity index (χ0) is 40.7. The lowest BCUT2D eigenvalue weighted by Gasteiger charge is -2.23. The molecule has 0 unspecified atom stereocenters. The summed E-state index contributed by atoms with van der Waals surface area (Å²) in [5.41, 5.74) is -3.70. The van der Waals surface area contributed by atoms with Crippen molar-refractivity contribution in [1.82, 2.24) is 29.9 Å². The van der Waals surface area contributed by atoms with Gasteiger partial charge in [0, 0.05) is 41.1 Å². The number of fused-ring (bicyclic) bond motifs is 4. The van der Waals surface area contributed by atoms with E-state index >= 15 is 8.78 Å². The molecule has 0 aliphatic heterocycles. The fourth-order valence-corrected chi connectivity index (χ4v) is 7.59. The van der Waals surface area contributed by atoms with Gasteiger partial charge in [-0.3, -0.25) is 18.9 Å². The number of aromatic nitrogens is 5. The van der Waals surface area contributed by atoms with E-state index in [2.05, 4.69) is 37.1 Å². The summed E-state index contributed by atoms with van der Waals surface area (Å²) in [7, 11) is -2.77. The van der Waals surface area contributed by atoms with Crippen LogP contribution in [0.4, 0.5) is 36.6 Å². The maximum absolute atomic E-state index is 15.3. The molecule has 56 heavy (non-hydrogen) atoms. The number of pyridine rings is 1. The molecule has 1 saturated carbocycles. The SMILES string of the molecule is Cn1nc(NS(N)(=O)=O)c2cccc(-c3ccc(C#CC(C)(C)O)nc3[C@H](Cc3cc(F)cc(F)c3)NC(=O)Cn3nc(C(F)(F)F)c4c3C(F)(F)[C@@H]3C[C@H]43)c21. The Hall–Kier alpha value is -5.52. The Morgan fingerprint density at radius 2 is 1.79 bits per heavy atom. The number of hydrogen-bond donors (Lipinski definition) is 4. The molecule has 5 aromatic rings. The third-order valence-corrected chi connectivity index (χ3v) is 9.81. The summed E-state index contributed by atoms with van der Waals surface area (Å²) in [6, 6.07) is 8.89. The van der Waals surface area contributed by atoms with E-state index in [0.29, 0.717) is 21.8 Å². The monoisotopic (exact) mass is 804 g/mol. The normalized spacial score (nSPS) is 17.9. The Balaban J connectivity index is 1.38. The highest BCUT2D eigenvalue weighted by Crippen LogP contribution is 2.68. The molecule has 0 bridgehead atoms. The van der Waals surface area contributed by atoms with Crippen molar-refractivity contribution >= 4 is 32.8 Å². The van der Waals surface area contributed by atoms with Gasteiger partial charge in [-0.2, -0.15) is 40.6 Å². The van der Waals surface area contributed by atoms with E-state index in [-0.39, 0.29) is 40.1 Å². The number of nitrogens with one attached hydrogen (secondary N) is 2. The number of para-hydroxylation sites is 1. The zero-order valence-electron chi connectivity index (χ0n) is 29.5. The predicted molar refractivity (Wildman–Crippen MR) is 187 cm³/mol. The van der Waals surface area contributed by atoms with Crippen LogP contribution in [-0.2, 0) is 47.1 Å². The molecule has 3 atom stereocenters. The summed E-state index contributed by atoms with van der Waals surface area (Å²) in [5, 5.41) is 26.0. The van der Waals surface area contributed by atoms with E-state index in [0.717, 1.165) is 12.1 Å². The first-order valence-corrected chi connectivity index (χ1v) is 18.4. The average Bonchev–Trinajstić information content (AvgIpc) is 3.61. The summed E-state index contributed by atoms with van der Waals surface area (Å²) in [5.74, 6) is -3.93. The molecule has 5 N–H and O–H groups in total. The quantitative estimate of drug-likeness (QED) is 0.118. The highest BCUT2D eigenvalue weighted by Gasteiger charge is 2.68. The standard InChI is InChI=1S/C36H31F7N8O4S/c1-34(2,53)10-9-20-7-8-21(22-5-4-6-23-30(22)50(3)48-33(23)49-56(44,54)55)29(45-20)26(13-17-11-18(37)14-19(38)12-17)46-27(52)16-51-32-28(31(47-51)36(41,42)43)24-15-25(24)35(32,39)40/h4-8,11-12,14,24-26,53H,13,15-16H2,1-3H3,(H,46,52)(H,48,49)(H2,44,54,55)/t24-,25+,26-/m0/s1. The molecule has 2 aromatic carbocycles. The first kappa shape index (κ1) is 38.7. The summed E-state index contributed by atoms with van der Waals surface area (Å²) in [6.07, 6.45) is -5.63. The second-order valence-electron chi connectivity index (χ2n) is 14.2. The number of anilines is 1. The number of carbonyl (C=O) groups is 1. The first-order valence-electron chi connectivity index (χ1n) is 16.8. The molecule has 7 rings (SSSR count). The van der Waals surface area contributed by atoms with Crippen LogP contribution in [0.1, 0.15) is 66.1 Å². The lowest BCUT2D eigenvalue weighted by molar-refractivity contribution is -0.142. The number of carbonyl (C=O) groups excluding carboxylic acids is 1. The topological polar surface area (TPSA) is 170 Å². The van der Waals surface area contributed by atoms with Crippen molar-refractivity contribution in [2.75, 3.05) is 4.72 Å². The predicted octanol–water partition coefficient (Wildman–Crippen LogP) is 5.18. The minimum atomic E-state index is -5.08. The summed E-state index contributed by atoms with van der Waals surface area (Å²) < 4.78 is 129. The van der Waals surface area contributed by atoms with Crippen molar-refractivity contribution < 1.29 is 49.1 Å². The van der Waals surface area contributed by atoms with E-state index < -0.39 is 93.2 Å². The van der Waals surface area contributed by atoms with Gasteiger partial charge in [0.1, 0.15) is 35.2 Å². The molecule has 20 heteroatoms. The van der Waals surface area contributed by atoms with Crippen molar-refractivity contribution in [3.8, 4) is 23.0 Å². The minimum Gasteiger partial charge on any atom is -0.378 e. The van der Waals surface area contributed by atoms with Gasteiger partial charge in [-0.05, 0) is 74.4 Å². The Labute approximate surface area is 314 Å². The van der Waals surface area contributed by atoms with Gasteiger partial charge in [0.15, 0.2) is 11.5 Å². The van der Waals surface area contributed by atoms with Crippen LogP contribution in [0.5, 0.6) is 0 Å². The van der Waals surface area contributed by atoms with Crippen LogP contribution in [0.3, 0.4) is 0 Å². The Morgan fingerprint density at radius 3 is 2.43 bits per heavy atom. The largest absolute Gasteiger partial charge is 0.435 e. The number of alkyl halides is 5. The van der Waals surface area contributed by atoms with Gasteiger partial charge in [0.25, 0.3) is 16.1 Å². The van der Waals surface area contributed by atoms with Gasteiger partial charge >= 0.3 is 6.18 Å². The highest BCUT2D eigenvalue weighted by atomic mass is 32.2. The summed E-state index contributed by atoms with van der Waals surface area (Å²) in [4.78, 5) is 18.5. The van der Waals surface area contributed by atoms with E-state index in [4.69, 9.17) is 5.14 Å². The van der Waals surface area contributed by atoms with Crippen LogP contribution in [0, 0.1) is 29.4 Å². The van der Waals surface area contributed by atoms with Gasteiger partial charge in [-0.15, -0.1) is 0 Å². The average molecular weight is 805 g/mol. The number of nitrogens with two attached hydrogens (primary N) is 1. The highest BCUT2D eigenvalue weighted by molar-refractivity contribution is 7.90. The Bertz CT molecular complexity index is 2580. The van der Waals surface area contributed by atoms with Crippen molar-refractivity contribution in [1.29, 1.82) is 0 Å². The van der Waals surface area contributed by atoms with E-state index in [1.807, 2.05) is 0 Å². The van der Waals surface area contributed by atoms with Crippen LogP contribution in [0.15, 0.2) is 48.5 Å². The van der Waals surface area contributed by atoms with Crippen molar-refractivity contribution in [2.45, 2.75) is 62.9 Å². The minimum absolute atomic E-state index is 0.00197. The second-order valence-corrected chi connectivity index (χ2v) is 15.5. The van der Waals surface area contributed by atoms with Crippen molar-refractivity contribution in [3.05, 3.63) is 94.1 Å². The fourth-order valence-electron chi connectivity index (χ4n) is 7.17. The summed E-state index contributed by atoms with van der Waals surface area (Å²) >= 11 is 0. The third kappa shape index (κ3) is 7.53. The van der Waals surface area contributed by atoms with Gasteiger partial charge in [0.05, 0.1) is 17.3 Å². The number of amides is 1. The molecule has 2 aliphatic carbocycles. The molecule has 1 amide bonds. The fraction of sp³-hybridized carbons (Fsp3) is 0.333. The number of aryl methyl sites for hydroxylation is 1. The number of benzene rings is 2. The molecule has 3 heterocycles. The van der Waals surface area contributed by atoms with E-state index in [9.17, 15) is 40.3 Å². The molecule has 0 spiro atoms. The smallest absolute Gasteiger partial charge is 0.378 e. The lowest BCUT2D eigenvalue weighted by atomic mass is 9.93. The molecule has 0 saturated heterocycles. The van der Waals surface area contributed by atoms with Gasteiger partial charge in [-0.1, -0.05) is 18.1 Å². The third-order valence-electron chi connectivity index (χ3n) is 9.34. The molecule has 2 aliphatic rings. The maximum Gasteiger partial charge on any atom is 0.435 e. The van der Waals surface area contributed by atoms with E-state index in [1.54, 1.807) is 18.2 Å². The number of hydrogen-bond acceptors (Lipinski definition) is 7. The maximum atomic E-state index is 15.3. The van der Waals surface area contributed by atoms with Crippen LogP contribution in [0.2, 0.25) is 0 Å². The summed E-state index contributed by atoms with van der Waals surface area (Å²) in [6.45, 7) is 1.74. The molecule has 0 radical (unpaired) electrons. The van der Waals surface area contributed by atoms with Gasteiger partial charge in [0.2, 0.25) is 5.91 Å². The zero-order valence-corrected chi connectivity index (χ0v) is 30.3. The molecule has 3 aromatic heterocycles. The van der Waals surface area contributed by atoms with Crippen LogP contribution >= 0.6 is 0 Å².